The van der Waals surface area contributed by atoms with Crippen LogP contribution in [-0.2, 0) is 16.6 Å². The van der Waals surface area contributed by atoms with Crippen molar-refractivity contribution in [2.24, 2.45) is 0 Å². The molecule has 0 radical (unpaired) electrons. The van der Waals surface area contributed by atoms with Crippen LogP contribution in [0.4, 0.5) is 0 Å². The van der Waals surface area contributed by atoms with Gasteiger partial charge in [0.05, 0.1) is 31.1 Å². The zero-order chi connectivity index (χ0) is 20.3. The maximum Gasteiger partial charge on any atom is 0.254 e. The van der Waals surface area contributed by atoms with Gasteiger partial charge in [-0.25, -0.2) is 8.42 Å². The molecule has 2 aromatic rings. The van der Waals surface area contributed by atoms with Crippen molar-refractivity contribution in [3.05, 3.63) is 65.7 Å². The van der Waals surface area contributed by atoms with E-state index in [0.717, 1.165) is 32.5 Å². The molecule has 6 nitrogen and oxygen atoms in total. The fourth-order valence-electron chi connectivity index (χ4n) is 4.14. The van der Waals surface area contributed by atoms with Gasteiger partial charge in [-0.05, 0) is 31.0 Å². The fourth-order valence-corrected chi connectivity index (χ4v) is 5.70. The number of hydrogen-bond donors (Lipinski definition) is 1. The van der Waals surface area contributed by atoms with Gasteiger partial charge >= 0.3 is 0 Å². The summed E-state index contributed by atoms with van der Waals surface area (Å²) in [4.78, 5) is 16.5. The van der Waals surface area contributed by atoms with Crippen LogP contribution in [0, 0.1) is 0 Å². The number of rotatable bonds is 5. The van der Waals surface area contributed by atoms with Crippen molar-refractivity contribution in [2.45, 2.75) is 24.3 Å². The lowest BCUT2D eigenvalue weighted by Gasteiger charge is -2.32. The summed E-state index contributed by atoms with van der Waals surface area (Å²) in [6.45, 7) is 5.25. The number of amides is 1. The molecule has 2 aliphatic rings. The number of sulfonamides is 1. The monoisotopic (exact) mass is 414 g/mol. The van der Waals surface area contributed by atoms with E-state index in [1.54, 1.807) is 24.3 Å². The molecular formula is C22H28N3O3S+. The molecule has 0 atom stereocenters. The predicted octanol–water partition coefficient (Wildman–Crippen LogP) is 1.01. The summed E-state index contributed by atoms with van der Waals surface area (Å²) in [5, 5.41) is 0. The number of carbonyl (C=O) groups excluding carboxylic acids is 1. The second-order valence-corrected chi connectivity index (χ2v) is 9.78. The molecule has 2 aliphatic heterocycles. The Morgan fingerprint density at radius 2 is 1.59 bits per heavy atom. The Bertz CT molecular complexity index is 948. The highest BCUT2D eigenvalue weighted by molar-refractivity contribution is 7.89. The third-order valence-electron chi connectivity index (χ3n) is 5.84. The van der Waals surface area contributed by atoms with Crippen LogP contribution in [-0.4, -0.2) is 62.8 Å². The maximum absolute atomic E-state index is 13.0. The first-order valence-corrected chi connectivity index (χ1v) is 11.7. The molecule has 2 aromatic carbocycles. The molecule has 7 heteroatoms. The quantitative estimate of drug-likeness (QED) is 0.795. The van der Waals surface area contributed by atoms with Gasteiger partial charge < -0.3 is 9.80 Å². The Morgan fingerprint density at radius 3 is 2.28 bits per heavy atom. The van der Waals surface area contributed by atoms with E-state index in [1.165, 1.54) is 14.8 Å². The van der Waals surface area contributed by atoms with E-state index in [0.29, 0.717) is 31.7 Å². The van der Waals surface area contributed by atoms with E-state index in [-0.39, 0.29) is 10.8 Å². The van der Waals surface area contributed by atoms with Crippen molar-refractivity contribution in [3.8, 4) is 0 Å². The number of nitrogens with zero attached hydrogens (tertiary/aromatic N) is 2. The van der Waals surface area contributed by atoms with Gasteiger partial charge in [-0.1, -0.05) is 36.4 Å². The molecule has 29 heavy (non-hydrogen) atoms. The Labute approximate surface area is 172 Å². The SMILES string of the molecule is O=C(c1cccc(S(=O)(=O)N2CCCC2)c1)N1CC[NH+](Cc2ccccc2)CC1. The topological polar surface area (TPSA) is 62.1 Å². The minimum Gasteiger partial charge on any atom is -0.328 e. The molecule has 0 unspecified atom stereocenters. The second kappa shape index (κ2) is 8.65. The van der Waals surface area contributed by atoms with E-state index in [2.05, 4.69) is 24.3 Å². The largest absolute Gasteiger partial charge is 0.328 e. The van der Waals surface area contributed by atoms with Gasteiger partial charge in [0.1, 0.15) is 6.54 Å². The molecule has 2 heterocycles. The van der Waals surface area contributed by atoms with Gasteiger partial charge in [0.25, 0.3) is 5.91 Å². The molecule has 0 spiro atoms. The third-order valence-corrected chi connectivity index (χ3v) is 7.73. The van der Waals surface area contributed by atoms with Gasteiger partial charge in [-0.3, -0.25) is 4.79 Å². The molecule has 2 saturated heterocycles. The summed E-state index contributed by atoms with van der Waals surface area (Å²) < 4.78 is 27.1. The standard InChI is InChI=1S/C22H27N3O3S/c26-22(24-15-13-23(14-16-24)18-19-7-2-1-3-8-19)20-9-6-10-21(17-20)29(27,28)25-11-4-5-12-25/h1-3,6-10,17H,4-5,11-16,18H2/p+1. The van der Waals surface area contributed by atoms with Crippen LogP contribution >= 0.6 is 0 Å². The van der Waals surface area contributed by atoms with Gasteiger partial charge in [0.15, 0.2) is 0 Å². The minimum absolute atomic E-state index is 0.0813. The molecule has 1 amide bonds. The second-order valence-electron chi connectivity index (χ2n) is 7.84. The first-order valence-electron chi connectivity index (χ1n) is 10.3. The fraction of sp³-hybridized carbons (Fsp3) is 0.409. The van der Waals surface area contributed by atoms with Crippen LogP contribution in [0.25, 0.3) is 0 Å². The number of nitrogens with one attached hydrogen (secondary N) is 1. The number of benzene rings is 2. The van der Waals surface area contributed by atoms with Crippen LogP contribution in [0.5, 0.6) is 0 Å². The summed E-state index contributed by atoms with van der Waals surface area (Å²) in [6.07, 6.45) is 1.79. The van der Waals surface area contributed by atoms with Crippen LogP contribution in [0.2, 0.25) is 0 Å². The zero-order valence-electron chi connectivity index (χ0n) is 16.6. The van der Waals surface area contributed by atoms with Crippen molar-refractivity contribution >= 4 is 15.9 Å². The van der Waals surface area contributed by atoms with Gasteiger partial charge in [0.2, 0.25) is 10.0 Å². The number of piperazine rings is 1. The Hall–Kier alpha value is -2.22. The zero-order valence-corrected chi connectivity index (χ0v) is 17.4. The molecule has 154 valence electrons. The molecule has 0 aromatic heterocycles. The lowest BCUT2D eigenvalue weighted by molar-refractivity contribution is -0.917. The van der Waals surface area contributed by atoms with Crippen molar-refractivity contribution in [2.75, 3.05) is 39.3 Å². The number of carbonyl (C=O) groups is 1. The summed E-state index contributed by atoms with van der Waals surface area (Å²) in [5.74, 6) is -0.0813. The van der Waals surface area contributed by atoms with Crippen LogP contribution < -0.4 is 4.90 Å². The molecular weight excluding hydrogens is 386 g/mol. The van der Waals surface area contributed by atoms with Crippen molar-refractivity contribution < 1.29 is 18.1 Å². The van der Waals surface area contributed by atoms with Gasteiger partial charge in [0, 0.05) is 24.2 Å². The maximum atomic E-state index is 13.0. The summed E-state index contributed by atoms with van der Waals surface area (Å²) >= 11 is 0. The summed E-state index contributed by atoms with van der Waals surface area (Å²) in [7, 11) is -3.51. The van der Waals surface area contributed by atoms with Crippen LogP contribution in [0.1, 0.15) is 28.8 Å². The number of quaternary nitrogens is 1. The number of hydrogen-bond acceptors (Lipinski definition) is 3. The minimum atomic E-state index is -3.51. The molecule has 2 fully saturated rings. The molecule has 0 aliphatic carbocycles. The first-order chi connectivity index (χ1) is 14.0. The predicted molar refractivity (Wildman–Crippen MR) is 111 cm³/mol. The lowest BCUT2D eigenvalue weighted by Crippen LogP contribution is -3.13. The smallest absolute Gasteiger partial charge is 0.254 e. The Balaban J connectivity index is 1.40. The molecule has 0 saturated carbocycles. The van der Waals surface area contributed by atoms with Crippen molar-refractivity contribution in [1.29, 1.82) is 0 Å². The average molecular weight is 415 g/mol. The molecule has 4 rings (SSSR count). The van der Waals surface area contributed by atoms with Crippen LogP contribution in [0.15, 0.2) is 59.5 Å². The highest BCUT2D eigenvalue weighted by atomic mass is 32.2. The summed E-state index contributed by atoms with van der Waals surface area (Å²) in [5.41, 5.74) is 1.76. The Kier molecular flexibility index (Phi) is 5.99. The highest BCUT2D eigenvalue weighted by Gasteiger charge is 2.29. The third kappa shape index (κ3) is 4.52. The van der Waals surface area contributed by atoms with Gasteiger partial charge in [-0.2, -0.15) is 4.31 Å². The van der Waals surface area contributed by atoms with Gasteiger partial charge in [-0.15, -0.1) is 0 Å². The Morgan fingerprint density at radius 1 is 0.897 bits per heavy atom. The van der Waals surface area contributed by atoms with E-state index in [4.69, 9.17) is 0 Å². The van der Waals surface area contributed by atoms with E-state index >= 15 is 0 Å². The lowest BCUT2D eigenvalue weighted by atomic mass is 10.1. The average Bonchev–Trinajstić information content (AvgIpc) is 3.31. The van der Waals surface area contributed by atoms with E-state index in [9.17, 15) is 13.2 Å². The van der Waals surface area contributed by atoms with Crippen molar-refractivity contribution in [1.82, 2.24) is 9.21 Å². The molecule has 0 bridgehead atoms. The first kappa shape index (κ1) is 20.1. The molecule has 1 N–H and O–H groups in total. The van der Waals surface area contributed by atoms with E-state index < -0.39 is 10.0 Å². The summed E-state index contributed by atoms with van der Waals surface area (Å²) in [6, 6.07) is 16.9. The van der Waals surface area contributed by atoms with Crippen LogP contribution in [0.3, 0.4) is 0 Å². The van der Waals surface area contributed by atoms with Crippen molar-refractivity contribution in [3.63, 3.8) is 0 Å². The van der Waals surface area contributed by atoms with E-state index in [1.807, 2.05) is 11.0 Å². The normalized spacial score (nSPS) is 18.8. The highest BCUT2D eigenvalue weighted by Crippen LogP contribution is 2.22.